The fourth-order valence-corrected chi connectivity index (χ4v) is 6.90. The number of hydrogen-bond acceptors (Lipinski definition) is 2. The maximum absolute atomic E-state index is 15.0. The summed E-state index contributed by atoms with van der Waals surface area (Å²) in [5, 5.41) is 0. The van der Waals surface area contributed by atoms with Crippen molar-refractivity contribution >= 4 is 23.2 Å². The first-order valence-corrected chi connectivity index (χ1v) is 13.7. The Kier molecular flexibility index (Phi) is 6.47. The Bertz CT molecular complexity index is 1470. The second kappa shape index (κ2) is 10.1. The number of para-hydroxylation sites is 2. The number of rotatable bonds is 9. The molecule has 0 spiro atoms. The lowest BCUT2D eigenvalue weighted by atomic mass is 9.54. The van der Waals surface area contributed by atoms with E-state index in [4.69, 9.17) is 0 Å². The predicted molar refractivity (Wildman–Crippen MR) is 161 cm³/mol. The Balaban J connectivity index is 1.59. The summed E-state index contributed by atoms with van der Waals surface area (Å²) >= 11 is 0. The van der Waals surface area contributed by atoms with Crippen molar-refractivity contribution < 1.29 is 9.59 Å². The molecule has 4 aromatic carbocycles. The van der Waals surface area contributed by atoms with E-state index in [2.05, 4.69) is 13.2 Å². The number of amides is 2. The van der Waals surface area contributed by atoms with E-state index in [1.165, 1.54) is 0 Å². The van der Waals surface area contributed by atoms with E-state index in [0.717, 1.165) is 33.6 Å². The highest BCUT2D eigenvalue weighted by molar-refractivity contribution is 6.19. The Labute approximate surface area is 235 Å². The van der Waals surface area contributed by atoms with Crippen LogP contribution >= 0.6 is 0 Å². The van der Waals surface area contributed by atoms with Gasteiger partial charge in [-0.3, -0.25) is 9.59 Å². The van der Waals surface area contributed by atoms with Gasteiger partial charge in [0.15, 0.2) is 0 Å². The third kappa shape index (κ3) is 3.60. The highest BCUT2D eigenvalue weighted by Gasteiger charge is 2.69. The lowest BCUT2D eigenvalue weighted by Gasteiger charge is -2.44. The van der Waals surface area contributed by atoms with Crippen LogP contribution in [0.2, 0.25) is 0 Å². The quantitative estimate of drug-likeness (QED) is 0.219. The van der Waals surface area contributed by atoms with Crippen molar-refractivity contribution in [1.29, 1.82) is 0 Å². The van der Waals surface area contributed by atoms with E-state index in [0.29, 0.717) is 25.9 Å². The lowest BCUT2D eigenvalue weighted by Crippen LogP contribution is -2.59. The number of carbonyl (C=O) groups excluding carboxylic acids is 2. The van der Waals surface area contributed by atoms with Gasteiger partial charge >= 0.3 is 0 Å². The summed E-state index contributed by atoms with van der Waals surface area (Å²) in [6.07, 6.45) is 4.23. The maximum Gasteiger partial charge on any atom is 0.239 e. The normalized spacial score (nSPS) is 21.3. The zero-order valence-electron chi connectivity index (χ0n) is 22.5. The average Bonchev–Trinajstić information content (AvgIpc) is 3.37. The Morgan fingerprint density at radius 2 is 0.875 bits per heavy atom. The zero-order valence-corrected chi connectivity index (χ0v) is 22.5. The molecule has 2 amide bonds. The van der Waals surface area contributed by atoms with Crippen molar-refractivity contribution in [3.05, 3.63) is 157 Å². The van der Waals surface area contributed by atoms with Crippen molar-refractivity contribution in [3.8, 4) is 0 Å². The molecule has 0 saturated heterocycles. The van der Waals surface area contributed by atoms with E-state index in [9.17, 15) is 0 Å². The summed E-state index contributed by atoms with van der Waals surface area (Å²) in [7, 11) is 0. The molecular weight excluding hydrogens is 492 g/mol. The summed E-state index contributed by atoms with van der Waals surface area (Å²) in [6.45, 7) is 9.03. The van der Waals surface area contributed by atoms with Crippen LogP contribution in [0.1, 0.15) is 35.1 Å². The summed E-state index contributed by atoms with van der Waals surface area (Å²) in [5.74, 6) is -0.159. The Hall–Kier alpha value is -4.70. The van der Waals surface area contributed by atoms with Gasteiger partial charge < -0.3 is 9.80 Å². The van der Waals surface area contributed by atoms with Crippen LogP contribution in [0.4, 0.5) is 11.4 Å². The van der Waals surface area contributed by atoms with Gasteiger partial charge in [-0.25, -0.2) is 0 Å². The minimum absolute atomic E-state index is 0.0796. The number of anilines is 2. The molecule has 0 N–H and O–H groups in total. The minimum atomic E-state index is -1.19. The number of hydrogen-bond donors (Lipinski definition) is 0. The van der Waals surface area contributed by atoms with E-state index in [-0.39, 0.29) is 11.8 Å². The molecule has 0 saturated carbocycles. The average molecular weight is 525 g/mol. The molecule has 2 atom stereocenters. The van der Waals surface area contributed by atoms with E-state index in [1.807, 2.05) is 119 Å². The topological polar surface area (TPSA) is 40.6 Å². The lowest BCUT2D eigenvalue weighted by molar-refractivity contribution is -0.134. The minimum Gasteiger partial charge on any atom is -0.307 e. The van der Waals surface area contributed by atoms with E-state index >= 15 is 9.59 Å². The van der Waals surface area contributed by atoms with Gasteiger partial charge in [-0.1, -0.05) is 109 Å². The number of fused-ring (bicyclic) bond motifs is 2. The summed E-state index contributed by atoms with van der Waals surface area (Å²) in [6, 6.07) is 35.9. The first-order valence-electron chi connectivity index (χ1n) is 13.7. The second-order valence-electron chi connectivity index (χ2n) is 10.6. The molecule has 0 fully saturated rings. The summed E-state index contributed by atoms with van der Waals surface area (Å²) < 4.78 is 0. The van der Waals surface area contributed by atoms with Gasteiger partial charge in [0.05, 0.1) is 23.9 Å². The van der Waals surface area contributed by atoms with E-state index < -0.39 is 10.8 Å². The molecule has 4 heteroatoms. The van der Waals surface area contributed by atoms with Crippen LogP contribution in [0.3, 0.4) is 0 Å². The molecule has 6 rings (SSSR count). The van der Waals surface area contributed by atoms with Gasteiger partial charge in [0.2, 0.25) is 11.8 Å². The SMILES string of the molecule is C=CC[C@]1([C@]2(CC=C)C(=O)N(Cc3ccccc3)c3ccccc32)C(=O)N(Cc2ccccc2)c2ccccc21. The molecule has 0 aliphatic carbocycles. The third-order valence-electron chi connectivity index (χ3n) is 8.53. The second-order valence-corrected chi connectivity index (χ2v) is 10.6. The molecule has 4 nitrogen and oxygen atoms in total. The van der Waals surface area contributed by atoms with Gasteiger partial charge in [-0.2, -0.15) is 0 Å². The maximum atomic E-state index is 15.0. The van der Waals surface area contributed by atoms with Gasteiger partial charge in [-0.15, -0.1) is 13.2 Å². The first-order chi connectivity index (χ1) is 19.6. The third-order valence-corrected chi connectivity index (χ3v) is 8.53. The number of nitrogens with zero attached hydrogens (tertiary/aromatic N) is 2. The van der Waals surface area contributed by atoms with Crippen molar-refractivity contribution in [1.82, 2.24) is 0 Å². The number of benzene rings is 4. The van der Waals surface area contributed by atoms with Crippen LogP contribution in [0.25, 0.3) is 0 Å². The molecule has 2 aliphatic rings. The van der Waals surface area contributed by atoms with Crippen molar-refractivity contribution in [2.24, 2.45) is 0 Å². The van der Waals surface area contributed by atoms with Crippen molar-refractivity contribution in [3.63, 3.8) is 0 Å². The monoisotopic (exact) mass is 524 g/mol. The predicted octanol–water partition coefficient (Wildman–Crippen LogP) is 7.11. The van der Waals surface area contributed by atoms with Crippen LogP contribution in [-0.2, 0) is 33.5 Å². The molecule has 4 aromatic rings. The fourth-order valence-electron chi connectivity index (χ4n) is 6.90. The highest BCUT2D eigenvalue weighted by atomic mass is 16.2. The molecule has 2 aliphatic heterocycles. The van der Waals surface area contributed by atoms with Crippen LogP contribution in [-0.4, -0.2) is 11.8 Å². The molecule has 198 valence electrons. The zero-order chi connectivity index (χ0) is 27.7. The van der Waals surface area contributed by atoms with Gasteiger partial charge in [0.25, 0.3) is 0 Å². The van der Waals surface area contributed by atoms with Crippen LogP contribution in [0.15, 0.2) is 135 Å². The summed E-state index contributed by atoms with van der Waals surface area (Å²) in [5.41, 5.74) is 3.09. The molecule has 0 aromatic heterocycles. The first kappa shape index (κ1) is 25.6. The molecular formula is C36H32N2O2. The molecule has 2 heterocycles. The van der Waals surface area contributed by atoms with Gasteiger partial charge in [0, 0.05) is 11.4 Å². The van der Waals surface area contributed by atoms with Crippen molar-refractivity contribution in [2.75, 3.05) is 9.80 Å². The smallest absolute Gasteiger partial charge is 0.239 e. The number of carbonyl (C=O) groups is 2. The summed E-state index contributed by atoms with van der Waals surface area (Å²) in [4.78, 5) is 33.8. The van der Waals surface area contributed by atoms with Gasteiger partial charge in [0.1, 0.15) is 0 Å². The molecule has 0 bridgehead atoms. The number of allylic oxidation sites excluding steroid dienone is 2. The Morgan fingerprint density at radius 1 is 0.525 bits per heavy atom. The van der Waals surface area contributed by atoms with Gasteiger partial charge in [-0.05, 0) is 47.2 Å². The van der Waals surface area contributed by atoms with Crippen molar-refractivity contribution in [2.45, 2.75) is 36.8 Å². The Morgan fingerprint density at radius 3 is 1.25 bits per heavy atom. The molecule has 0 unspecified atom stereocenters. The molecule has 0 radical (unpaired) electrons. The largest absolute Gasteiger partial charge is 0.307 e. The standard InChI is InChI=1S/C36H32N2O2/c1-3-23-35(29-19-11-13-21-31(29)37(33(35)39)25-27-15-7-5-8-16-27)36(24-4-2)30-20-12-14-22-32(30)38(34(36)40)26-28-17-9-6-10-18-28/h3-22H,1-2,23-26H2/t35-,36+. The fraction of sp³-hybridized carbons (Fsp3) is 0.167. The van der Waals surface area contributed by atoms with Crippen LogP contribution in [0, 0.1) is 0 Å². The van der Waals surface area contributed by atoms with Crippen LogP contribution in [0.5, 0.6) is 0 Å². The van der Waals surface area contributed by atoms with E-state index in [1.54, 1.807) is 12.2 Å². The molecule has 40 heavy (non-hydrogen) atoms. The highest BCUT2D eigenvalue weighted by Crippen LogP contribution is 2.61. The van der Waals surface area contributed by atoms with Crippen LogP contribution < -0.4 is 9.80 Å².